The first kappa shape index (κ1) is 23.1. The number of hydrogen-bond donors (Lipinski definition) is 3. The van der Waals surface area contributed by atoms with Crippen LogP contribution in [0, 0.1) is 5.41 Å². The summed E-state index contributed by atoms with van der Waals surface area (Å²) in [6.07, 6.45) is 0.176. The topological polar surface area (TPSA) is 107 Å². The molecule has 0 saturated carbocycles. The van der Waals surface area contributed by atoms with Crippen LogP contribution in [0.25, 0.3) is 0 Å². The lowest BCUT2D eigenvalue weighted by Crippen LogP contribution is -2.48. The Balaban J connectivity index is 2.86. The van der Waals surface area contributed by atoms with E-state index in [0.717, 1.165) is 11.1 Å². The predicted molar refractivity (Wildman–Crippen MR) is 109 cm³/mol. The number of amides is 1. The van der Waals surface area contributed by atoms with Gasteiger partial charge in [-0.15, -0.1) is 0 Å². The van der Waals surface area contributed by atoms with Crippen LogP contribution in [0.3, 0.4) is 0 Å². The van der Waals surface area contributed by atoms with E-state index in [1.54, 1.807) is 0 Å². The summed E-state index contributed by atoms with van der Waals surface area (Å²) in [5.41, 5.74) is 12.6. The number of carbonyl (C=O) groups excluding carboxylic acids is 2. The van der Waals surface area contributed by atoms with Crippen molar-refractivity contribution in [2.45, 2.75) is 65.8 Å². The van der Waals surface area contributed by atoms with Gasteiger partial charge < -0.3 is 21.5 Å². The number of benzene rings is 1. The predicted octanol–water partition coefficient (Wildman–Crippen LogP) is 2.66. The van der Waals surface area contributed by atoms with E-state index in [2.05, 4.69) is 33.0 Å². The van der Waals surface area contributed by atoms with Crippen LogP contribution in [0.1, 0.15) is 70.9 Å². The quantitative estimate of drug-likeness (QED) is 0.453. The second-order valence-electron chi connectivity index (χ2n) is 8.45. The van der Waals surface area contributed by atoms with Crippen LogP contribution in [-0.4, -0.2) is 31.0 Å². The minimum Gasteiger partial charge on any atom is -0.426 e. The van der Waals surface area contributed by atoms with Gasteiger partial charge in [-0.3, -0.25) is 9.59 Å². The van der Waals surface area contributed by atoms with E-state index in [0.29, 0.717) is 12.3 Å². The Kier molecular flexibility index (Phi) is 8.44. The molecule has 0 aliphatic carbocycles. The van der Waals surface area contributed by atoms with Crippen LogP contribution >= 0.6 is 0 Å². The third kappa shape index (κ3) is 6.96. The summed E-state index contributed by atoms with van der Waals surface area (Å²) < 4.78 is 5.81. The number of esters is 1. The van der Waals surface area contributed by atoms with Gasteiger partial charge in [0, 0.05) is 13.1 Å². The number of nitrogens with two attached hydrogens (primary N) is 2. The molecule has 0 spiro atoms. The highest BCUT2D eigenvalue weighted by molar-refractivity contribution is 5.81. The molecule has 152 valence electrons. The average molecular weight is 378 g/mol. The lowest BCUT2D eigenvalue weighted by Gasteiger charge is -2.25. The molecule has 1 aromatic carbocycles. The van der Waals surface area contributed by atoms with Gasteiger partial charge >= 0.3 is 5.97 Å². The highest BCUT2D eigenvalue weighted by Crippen LogP contribution is 2.35. The van der Waals surface area contributed by atoms with Crippen molar-refractivity contribution >= 4 is 11.9 Å². The van der Waals surface area contributed by atoms with E-state index >= 15 is 0 Å². The van der Waals surface area contributed by atoms with Crippen molar-refractivity contribution in [3.8, 4) is 5.75 Å². The molecule has 0 aliphatic rings. The maximum Gasteiger partial charge on any atom is 0.311 e. The van der Waals surface area contributed by atoms with Crippen LogP contribution in [0.5, 0.6) is 5.75 Å². The molecule has 0 aromatic heterocycles. The van der Waals surface area contributed by atoms with E-state index in [1.165, 1.54) is 0 Å². The van der Waals surface area contributed by atoms with E-state index in [4.69, 9.17) is 16.2 Å². The summed E-state index contributed by atoms with van der Waals surface area (Å²) in [6.45, 7) is 12.5. The maximum absolute atomic E-state index is 12.6. The third-order valence-electron chi connectivity index (χ3n) is 4.49. The molecular weight excluding hydrogens is 342 g/mol. The van der Waals surface area contributed by atoms with Crippen LogP contribution in [-0.2, 0) is 9.59 Å². The molecule has 0 bridgehead atoms. The molecule has 5 N–H and O–H groups in total. The Morgan fingerprint density at radius 1 is 1.11 bits per heavy atom. The van der Waals surface area contributed by atoms with Crippen molar-refractivity contribution in [3.05, 3.63) is 29.3 Å². The fourth-order valence-corrected chi connectivity index (χ4v) is 2.77. The molecule has 1 amide bonds. The molecule has 1 atom stereocenters. The monoisotopic (exact) mass is 377 g/mol. The summed E-state index contributed by atoms with van der Waals surface area (Å²) in [4.78, 5) is 24.4. The van der Waals surface area contributed by atoms with Gasteiger partial charge in [0.05, 0.1) is 12.5 Å². The number of nitrogens with one attached hydrogen (secondary N) is 1. The van der Waals surface area contributed by atoms with Crippen molar-refractivity contribution < 1.29 is 14.3 Å². The number of ether oxygens (including phenoxy) is 1. The SMILES string of the molecule is CC(C)c1cccc(C(C)C)c1OC(=O)CC(C)(C)CNC(=O)[C@@H](N)CN. The van der Waals surface area contributed by atoms with Crippen LogP contribution < -0.4 is 21.5 Å². The normalized spacial score (nSPS) is 13.0. The molecule has 27 heavy (non-hydrogen) atoms. The van der Waals surface area contributed by atoms with Crippen LogP contribution in [0.4, 0.5) is 0 Å². The number of para-hydroxylation sites is 1. The Morgan fingerprint density at radius 2 is 1.63 bits per heavy atom. The molecule has 0 saturated heterocycles. The molecule has 0 unspecified atom stereocenters. The minimum atomic E-state index is -0.737. The fraction of sp³-hybridized carbons (Fsp3) is 0.619. The molecule has 0 heterocycles. The first-order valence-electron chi connectivity index (χ1n) is 9.55. The van der Waals surface area contributed by atoms with Gasteiger partial charge in [-0.05, 0) is 28.4 Å². The van der Waals surface area contributed by atoms with Gasteiger partial charge in [0.1, 0.15) is 5.75 Å². The van der Waals surface area contributed by atoms with Gasteiger partial charge in [-0.1, -0.05) is 59.7 Å². The molecule has 1 rings (SSSR count). The maximum atomic E-state index is 12.6. The molecule has 1 aromatic rings. The largest absolute Gasteiger partial charge is 0.426 e. The van der Waals surface area contributed by atoms with Crippen molar-refractivity contribution in [1.29, 1.82) is 0 Å². The standard InChI is InChI=1S/C21H35N3O3/c1-13(2)15-8-7-9-16(14(3)4)19(15)27-18(25)10-21(5,6)12-24-20(26)17(23)11-22/h7-9,13-14,17H,10-12,22-23H2,1-6H3,(H,24,26)/t17-/m0/s1. The summed E-state index contributed by atoms with van der Waals surface area (Å²) >= 11 is 0. The smallest absolute Gasteiger partial charge is 0.311 e. The van der Waals surface area contributed by atoms with Crippen molar-refractivity contribution in [2.75, 3.05) is 13.1 Å². The summed E-state index contributed by atoms with van der Waals surface area (Å²) in [5.74, 6) is 0.532. The Bertz CT molecular complexity index is 628. The van der Waals surface area contributed by atoms with Gasteiger partial charge in [-0.25, -0.2) is 0 Å². The lowest BCUT2D eigenvalue weighted by molar-refractivity contribution is -0.137. The van der Waals surface area contributed by atoms with Gasteiger partial charge in [0.15, 0.2) is 0 Å². The lowest BCUT2D eigenvalue weighted by atomic mass is 9.89. The fourth-order valence-electron chi connectivity index (χ4n) is 2.77. The van der Waals surface area contributed by atoms with Crippen molar-refractivity contribution in [1.82, 2.24) is 5.32 Å². The van der Waals surface area contributed by atoms with Crippen molar-refractivity contribution in [2.24, 2.45) is 16.9 Å². The second kappa shape index (κ2) is 9.85. The molecule has 0 radical (unpaired) electrons. The zero-order valence-corrected chi connectivity index (χ0v) is 17.5. The first-order valence-corrected chi connectivity index (χ1v) is 9.55. The molecule has 6 nitrogen and oxygen atoms in total. The first-order chi connectivity index (χ1) is 12.5. The van der Waals surface area contributed by atoms with Crippen LogP contribution in [0.15, 0.2) is 18.2 Å². The Morgan fingerprint density at radius 3 is 2.07 bits per heavy atom. The number of rotatable bonds is 9. The Hall–Kier alpha value is -1.92. The van der Waals surface area contributed by atoms with Crippen molar-refractivity contribution in [3.63, 3.8) is 0 Å². The summed E-state index contributed by atoms with van der Waals surface area (Å²) in [7, 11) is 0. The van der Waals surface area contributed by atoms with Gasteiger partial charge in [0.2, 0.25) is 5.91 Å². The average Bonchev–Trinajstić information content (AvgIpc) is 2.58. The molecule has 6 heteroatoms. The summed E-state index contributed by atoms with van der Waals surface area (Å²) in [6, 6.07) is 5.26. The molecular formula is C21H35N3O3. The second-order valence-corrected chi connectivity index (χ2v) is 8.45. The highest BCUT2D eigenvalue weighted by atomic mass is 16.5. The highest BCUT2D eigenvalue weighted by Gasteiger charge is 2.26. The van der Waals surface area contributed by atoms with Gasteiger partial charge in [-0.2, -0.15) is 0 Å². The number of hydrogen-bond acceptors (Lipinski definition) is 5. The van der Waals surface area contributed by atoms with E-state index in [9.17, 15) is 9.59 Å². The summed E-state index contributed by atoms with van der Waals surface area (Å²) in [5, 5.41) is 2.75. The van der Waals surface area contributed by atoms with Crippen LogP contribution in [0.2, 0.25) is 0 Å². The minimum absolute atomic E-state index is 0.0816. The zero-order valence-electron chi connectivity index (χ0n) is 17.5. The Labute approximate surface area is 163 Å². The van der Waals surface area contributed by atoms with Gasteiger partial charge in [0.25, 0.3) is 0 Å². The van der Waals surface area contributed by atoms with E-state index in [-0.39, 0.29) is 36.7 Å². The third-order valence-corrected chi connectivity index (χ3v) is 4.49. The zero-order chi connectivity index (χ0) is 20.8. The van der Waals surface area contributed by atoms with E-state index < -0.39 is 11.5 Å². The molecule has 0 aliphatic heterocycles. The molecule has 0 fully saturated rings. The number of carbonyl (C=O) groups is 2. The van der Waals surface area contributed by atoms with E-state index in [1.807, 2.05) is 32.0 Å².